The van der Waals surface area contributed by atoms with Gasteiger partial charge in [0, 0.05) is 24.1 Å². The van der Waals surface area contributed by atoms with E-state index in [0.717, 1.165) is 22.3 Å². The fourth-order valence-electron chi connectivity index (χ4n) is 7.72. The van der Waals surface area contributed by atoms with Gasteiger partial charge in [0.25, 0.3) is 5.91 Å². The van der Waals surface area contributed by atoms with E-state index in [0.29, 0.717) is 18.5 Å². The molecule has 6 rings (SSSR count). The first kappa shape index (κ1) is 39.8. The molecule has 2 aromatic rings. The van der Waals surface area contributed by atoms with Crippen LogP contribution < -0.4 is 20.7 Å². The van der Waals surface area contributed by atoms with E-state index in [2.05, 4.69) is 46.0 Å². The predicted molar refractivity (Wildman–Crippen MR) is 208 cm³/mol. The second-order valence-electron chi connectivity index (χ2n) is 17.2. The highest BCUT2D eigenvalue weighted by Gasteiger charge is 2.62. The lowest BCUT2D eigenvalue weighted by Crippen LogP contribution is -2.57. The summed E-state index contributed by atoms with van der Waals surface area (Å²) in [6, 6.07) is 13.8. The Balaban J connectivity index is 1.21. The van der Waals surface area contributed by atoms with E-state index in [-0.39, 0.29) is 31.9 Å². The maximum absolute atomic E-state index is 14.3. The molecule has 3 fully saturated rings. The largest absolute Gasteiger partial charge is 0.449 e. The number of nitrogens with one attached hydrogen (secondary N) is 4. The lowest BCUT2D eigenvalue weighted by atomic mass is 9.84. The molecule has 2 saturated carbocycles. The summed E-state index contributed by atoms with van der Waals surface area (Å²) in [5.74, 6) is -2.01. The normalized spacial score (nSPS) is 23.7. The minimum atomic E-state index is -3.88. The van der Waals surface area contributed by atoms with Crippen molar-refractivity contribution in [3.05, 3.63) is 84.6 Å². The van der Waals surface area contributed by atoms with E-state index in [1.807, 2.05) is 57.2 Å². The van der Waals surface area contributed by atoms with Crippen molar-refractivity contribution in [1.82, 2.24) is 25.6 Å². The predicted octanol–water partition coefficient (Wildman–Crippen LogP) is 5.09. The average Bonchev–Trinajstić information content (AvgIpc) is 4.01. The van der Waals surface area contributed by atoms with Crippen molar-refractivity contribution in [3.63, 3.8) is 0 Å². The van der Waals surface area contributed by atoms with E-state index in [1.165, 1.54) is 6.08 Å². The van der Waals surface area contributed by atoms with Crippen LogP contribution in [-0.4, -0.2) is 85.0 Å². The van der Waals surface area contributed by atoms with Crippen LogP contribution in [0.5, 0.6) is 0 Å². The lowest BCUT2D eigenvalue weighted by Gasteiger charge is -2.39. The van der Waals surface area contributed by atoms with Gasteiger partial charge in [-0.05, 0) is 74.1 Å². The number of rotatable bonds is 12. The third-order valence-corrected chi connectivity index (χ3v) is 12.6. The number of ether oxygens (including phenoxy) is 2. The minimum Gasteiger partial charge on any atom is -0.449 e. The number of nitrogens with zero attached hydrogens (tertiary/aromatic N) is 1. The molecule has 55 heavy (non-hydrogen) atoms. The van der Waals surface area contributed by atoms with Gasteiger partial charge in [0.15, 0.2) is 0 Å². The Morgan fingerprint density at radius 2 is 1.56 bits per heavy atom. The number of alkyl carbamates (subject to hydrolysis) is 2. The van der Waals surface area contributed by atoms with Gasteiger partial charge in [-0.25, -0.2) is 18.0 Å². The molecule has 0 spiro atoms. The molecule has 4 aliphatic rings. The van der Waals surface area contributed by atoms with E-state index in [1.54, 1.807) is 25.7 Å². The number of likely N-dealkylation sites (tertiary alicyclic amines) is 1. The van der Waals surface area contributed by atoms with Crippen molar-refractivity contribution >= 4 is 34.0 Å². The highest BCUT2D eigenvalue weighted by atomic mass is 32.2. The number of sulfonamides is 1. The minimum absolute atomic E-state index is 0.100. The molecule has 296 valence electrons. The van der Waals surface area contributed by atoms with Gasteiger partial charge in [-0.2, -0.15) is 0 Å². The molecule has 1 heterocycles. The zero-order valence-corrected chi connectivity index (χ0v) is 33.3. The monoisotopic (exact) mass is 775 g/mol. The molecule has 4 amide bonds. The van der Waals surface area contributed by atoms with Crippen molar-refractivity contribution in [2.75, 3.05) is 13.2 Å². The van der Waals surface area contributed by atoms with Crippen LogP contribution in [0.4, 0.5) is 9.59 Å². The summed E-state index contributed by atoms with van der Waals surface area (Å²) < 4.78 is 39.0. The summed E-state index contributed by atoms with van der Waals surface area (Å²) in [7, 11) is -3.88. The average molecular weight is 776 g/mol. The topological polar surface area (TPSA) is 172 Å². The fraction of sp³-hybridized carbons (Fsp3) is 0.512. The number of amides is 4. The van der Waals surface area contributed by atoms with Gasteiger partial charge in [0.1, 0.15) is 23.8 Å². The first-order valence-electron chi connectivity index (χ1n) is 18.8. The van der Waals surface area contributed by atoms with E-state index in [4.69, 9.17) is 9.47 Å². The number of hydrogen-bond donors (Lipinski definition) is 4. The van der Waals surface area contributed by atoms with Crippen LogP contribution in [0, 0.1) is 11.3 Å². The molecule has 0 radical (unpaired) electrons. The Labute approximate surface area is 323 Å². The molecule has 1 aliphatic heterocycles. The van der Waals surface area contributed by atoms with Gasteiger partial charge in [-0.1, -0.05) is 82.0 Å². The van der Waals surface area contributed by atoms with Crippen molar-refractivity contribution < 1.29 is 37.1 Å². The zero-order valence-electron chi connectivity index (χ0n) is 32.4. The van der Waals surface area contributed by atoms with Gasteiger partial charge in [0.2, 0.25) is 15.9 Å². The van der Waals surface area contributed by atoms with Crippen LogP contribution >= 0.6 is 0 Å². The second-order valence-corrected chi connectivity index (χ2v) is 19.2. The van der Waals surface area contributed by atoms with Crippen LogP contribution in [0.1, 0.15) is 84.3 Å². The Kier molecular flexibility index (Phi) is 10.6. The fourth-order valence-corrected chi connectivity index (χ4v) is 9.09. The van der Waals surface area contributed by atoms with Crippen molar-refractivity contribution in [2.24, 2.45) is 11.3 Å². The van der Waals surface area contributed by atoms with Gasteiger partial charge in [0.05, 0.1) is 17.3 Å². The zero-order chi connectivity index (χ0) is 40.1. The standard InChI is InChI=1S/C41H53N5O8S/c1-9-25-21-41(25,36(48)45-55(51,52)27-18-19-27)44-35(47)33-20-26(22-46(33)24(2)34(39(3,4)5)43-38(50)54-40(6,7)8)42-37(49)53-23-32-30-16-12-10-14-28(30)29-15-11-13-17-31(29)32/h9-17,25-27,32-34H,1-2,18-23H2,3-8H3,(H,42,49)(H,43,50)(H,44,47)(H,45,48)/t25?,26-,33+,34-,41?/m1/s1. The van der Waals surface area contributed by atoms with Crippen LogP contribution in [0.15, 0.2) is 73.5 Å². The summed E-state index contributed by atoms with van der Waals surface area (Å²) in [6.45, 7) is 19.4. The van der Waals surface area contributed by atoms with Crippen molar-refractivity contribution in [3.8, 4) is 11.1 Å². The smallest absolute Gasteiger partial charge is 0.408 e. The maximum Gasteiger partial charge on any atom is 0.408 e. The third-order valence-electron chi connectivity index (χ3n) is 10.7. The molecule has 14 heteroatoms. The number of carbonyl (C=O) groups excluding carboxylic acids is 4. The van der Waals surface area contributed by atoms with Crippen LogP contribution in [0.25, 0.3) is 11.1 Å². The Morgan fingerprint density at radius 3 is 2.09 bits per heavy atom. The quantitative estimate of drug-likeness (QED) is 0.215. The van der Waals surface area contributed by atoms with Gasteiger partial charge < -0.3 is 30.3 Å². The molecule has 5 atom stereocenters. The molecule has 3 aliphatic carbocycles. The highest BCUT2D eigenvalue weighted by Crippen LogP contribution is 2.46. The van der Waals surface area contributed by atoms with Gasteiger partial charge in [-0.3, -0.25) is 14.3 Å². The maximum atomic E-state index is 14.3. The molecule has 1 saturated heterocycles. The highest BCUT2D eigenvalue weighted by molar-refractivity contribution is 7.91. The summed E-state index contributed by atoms with van der Waals surface area (Å²) in [5.41, 5.74) is 1.86. The van der Waals surface area contributed by atoms with Crippen LogP contribution in [0.2, 0.25) is 0 Å². The molecule has 0 bridgehead atoms. The van der Waals surface area contributed by atoms with Gasteiger partial charge in [-0.15, -0.1) is 6.58 Å². The molecular formula is C41H53N5O8S. The molecule has 2 aromatic carbocycles. The van der Waals surface area contributed by atoms with E-state index in [9.17, 15) is 27.6 Å². The summed E-state index contributed by atoms with van der Waals surface area (Å²) in [5, 5.41) is 8.08. The Hall–Kier alpha value is -4.85. The molecule has 4 N–H and O–H groups in total. The Bertz CT molecular complexity index is 1950. The number of benzene rings is 2. The molecular weight excluding hydrogens is 723 g/mol. The summed E-state index contributed by atoms with van der Waals surface area (Å²) >= 11 is 0. The van der Waals surface area contributed by atoms with Crippen molar-refractivity contribution in [1.29, 1.82) is 0 Å². The lowest BCUT2D eigenvalue weighted by molar-refractivity contribution is -0.131. The molecule has 13 nitrogen and oxygen atoms in total. The summed E-state index contributed by atoms with van der Waals surface area (Å²) in [6.07, 6.45) is 1.42. The number of hydrogen-bond acceptors (Lipinski definition) is 9. The number of fused-ring (bicyclic) bond motifs is 3. The first-order valence-corrected chi connectivity index (χ1v) is 20.4. The first-order chi connectivity index (χ1) is 25.7. The van der Waals surface area contributed by atoms with E-state index < -0.39 is 79.9 Å². The SMILES string of the molecule is C=CC1CC1(NC(=O)[C@@H]1C[C@@H](NC(=O)OCC2c3ccccc3-c3ccccc32)CN1C(=C)[C@@H](NC(=O)OC(C)(C)C)C(C)(C)C)C(=O)NS(=O)(=O)C1CC1. The van der Waals surface area contributed by atoms with E-state index >= 15 is 0 Å². The summed E-state index contributed by atoms with van der Waals surface area (Å²) in [4.78, 5) is 56.0. The number of carbonyl (C=O) groups is 4. The van der Waals surface area contributed by atoms with Crippen LogP contribution in [0.3, 0.4) is 0 Å². The molecule has 0 aromatic heterocycles. The second kappa shape index (κ2) is 14.7. The van der Waals surface area contributed by atoms with Crippen molar-refractivity contribution in [2.45, 2.75) is 108 Å². The Morgan fingerprint density at radius 1 is 0.964 bits per heavy atom. The molecule has 2 unspecified atom stereocenters. The van der Waals surface area contributed by atoms with Gasteiger partial charge >= 0.3 is 12.2 Å². The third kappa shape index (κ3) is 8.53. The van der Waals surface area contributed by atoms with Crippen LogP contribution in [-0.2, 0) is 29.1 Å².